The zero-order valence-electron chi connectivity index (χ0n) is 6.68. The van der Waals surface area contributed by atoms with Gasteiger partial charge in [-0.1, -0.05) is 22.7 Å². The number of anilines is 1. The highest BCUT2D eigenvalue weighted by Crippen LogP contribution is 2.10. The Bertz CT molecular complexity index is 349. The minimum atomic E-state index is 0.619. The molecule has 0 saturated carbocycles. The lowest BCUT2D eigenvalue weighted by atomic mass is 10.3. The maximum Gasteiger partial charge on any atom is 0.194 e. The van der Waals surface area contributed by atoms with Gasteiger partial charge in [-0.2, -0.15) is 0 Å². The second-order valence-corrected chi connectivity index (χ2v) is 2.92. The van der Waals surface area contributed by atoms with Crippen molar-refractivity contribution >= 4 is 17.4 Å². The standard InChI is InChI=1S/C8H7N3OS/c1-2-4-7(5-3-1)12-10-8-6-13-11-9-8/h1-6,10H. The van der Waals surface area contributed by atoms with Crippen LogP contribution < -0.4 is 10.3 Å². The Morgan fingerprint density at radius 2 is 2.08 bits per heavy atom. The number of hydrogen-bond donors (Lipinski definition) is 1. The van der Waals surface area contributed by atoms with E-state index in [-0.39, 0.29) is 0 Å². The van der Waals surface area contributed by atoms with Gasteiger partial charge in [0, 0.05) is 0 Å². The van der Waals surface area contributed by atoms with Gasteiger partial charge in [-0.25, -0.2) is 5.48 Å². The van der Waals surface area contributed by atoms with Crippen molar-refractivity contribution < 1.29 is 4.84 Å². The third-order valence-electron chi connectivity index (χ3n) is 1.38. The molecule has 0 saturated heterocycles. The first-order valence-electron chi connectivity index (χ1n) is 3.70. The van der Waals surface area contributed by atoms with Crippen molar-refractivity contribution in [3.05, 3.63) is 35.7 Å². The molecule has 13 heavy (non-hydrogen) atoms. The van der Waals surface area contributed by atoms with Gasteiger partial charge in [-0.05, 0) is 23.7 Å². The number of para-hydroxylation sites is 1. The number of aromatic nitrogens is 2. The predicted octanol–water partition coefficient (Wildman–Crippen LogP) is 1.94. The summed E-state index contributed by atoms with van der Waals surface area (Å²) in [6.45, 7) is 0. The molecule has 0 spiro atoms. The zero-order valence-corrected chi connectivity index (χ0v) is 7.49. The van der Waals surface area contributed by atoms with E-state index in [9.17, 15) is 0 Å². The van der Waals surface area contributed by atoms with E-state index in [4.69, 9.17) is 4.84 Å². The zero-order chi connectivity index (χ0) is 8.93. The average Bonchev–Trinajstić information content (AvgIpc) is 2.69. The number of rotatable bonds is 3. The topological polar surface area (TPSA) is 47.0 Å². The minimum absolute atomic E-state index is 0.619. The Morgan fingerprint density at radius 3 is 2.77 bits per heavy atom. The summed E-state index contributed by atoms with van der Waals surface area (Å²) in [5.74, 6) is 1.37. The van der Waals surface area contributed by atoms with Gasteiger partial charge < -0.3 is 4.84 Å². The van der Waals surface area contributed by atoms with Crippen molar-refractivity contribution in [1.82, 2.24) is 9.59 Å². The number of hydrogen-bond acceptors (Lipinski definition) is 5. The van der Waals surface area contributed by atoms with E-state index in [0.29, 0.717) is 5.82 Å². The molecule has 2 rings (SSSR count). The molecule has 1 aromatic carbocycles. The summed E-state index contributed by atoms with van der Waals surface area (Å²) in [7, 11) is 0. The first-order chi connectivity index (χ1) is 6.45. The molecule has 4 nitrogen and oxygen atoms in total. The highest BCUT2D eigenvalue weighted by Gasteiger charge is 1.94. The average molecular weight is 193 g/mol. The van der Waals surface area contributed by atoms with Gasteiger partial charge in [0.1, 0.15) is 0 Å². The maximum atomic E-state index is 5.20. The van der Waals surface area contributed by atoms with Crippen LogP contribution >= 0.6 is 11.5 Å². The Balaban J connectivity index is 1.94. The van der Waals surface area contributed by atoms with Gasteiger partial charge in [-0.15, -0.1) is 5.10 Å². The van der Waals surface area contributed by atoms with E-state index in [1.807, 2.05) is 30.3 Å². The van der Waals surface area contributed by atoms with Crippen molar-refractivity contribution in [3.8, 4) is 5.75 Å². The maximum absolute atomic E-state index is 5.20. The second-order valence-electron chi connectivity index (χ2n) is 2.31. The van der Waals surface area contributed by atoms with Gasteiger partial charge in [0.2, 0.25) is 0 Å². The van der Waals surface area contributed by atoms with Gasteiger partial charge in [0.25, 0.3) is 0 Å². The van der Waals surface area contributed by atoms with Crippen LogP contribution in [-0.2, 0) is 0 Å². The highest BCUT2D eigenvalue weighted by atomic mass is 32.1. The van der Waals surface area contributed by atoms with Crippen LogP contribution in [-0.4, -0.2) is 9.59 Å². The van der Waals surface area contributed by atoms with Gasteiger partial charge in [0.05, 0.1) is 5.38 Å². The molecule has 0 atom stereocenters. The largest absolute Gasteiger partial charge is 0.381 e. The van der Waals surface area contributed by atoms with Crippen LogP contribution in [0.2, 0.25) is 0 Å². The van der Waals surface area contributed by atoms with Crippen LogP contribution in [0.5, 0.6) is 5.75 Å². The summed E-state index contributed by atoms with van der Waals surface area (Å²) in [5.41, 5.74) is 2.68. The monoisotopic (exact) mass is 193 g/mol. The third-order valence-corrected chi connectivity index (χ3v) is 1.88. The molecule has 5 heteroatoms. The van der Waals surface area contributed by atoms with Crippen LogP contribution in [0.3, 0.4) is 0 Å². The van der Waals surface area contributed by atoms with Crippen LogP contribution in [0.25, 0.3) is 0 Å². The van der Waals surface area contributed by atoms with Crippen molar-refractivity contribution in [2.45, 2.75) is 0 Å². The molecular formula is C8H7N3OS. The normalized spacial score (nSPS) is 9.54. The van der Waals surface area contributed by atoms with E-state index < -0.39 is 0 Å². The lowest BCUT2D eigenvalue weighted by molar-refractivity contribution is 0.402. The lowest BCUT2D eigenvalue weighted by Gasteiger charge is -2.03. The SMILES string of the molecule is c1ccc(ONc2csnn2)cc1. The first kappa shape index (κ1) is 8.00. The highest BCUT2D eigenvalue weighted by molar-refractivity contribution is 7.03. The Hall–Kier alpha value is -1.62. The van der Waals surface area contributed by atoms with Crippen molar-refractivity contribution in [1.29, 1.82) is 0 Å². The fourth-order valence-corrected chi connectivity index (χ4v) is 1.19. The quantitative estimate of drug-likeness (QED) is 0.757. The summed E-state index contributed by atoms with van der Waals surface area (Å²) >= 11 is 1.27. The summed E-state index contributed by atoms with van der Waals surface area (Å²) < 4.78 is 3.68. The molecule has 0 aliphatic heterocycles. The minimum Gasteiger partial charge on any atom is -0.381 e. The smallest absolute Gasteiger partial charge is 0.194 e. The van der Waals surface area contributed by atoms with Gasteiger partial charge >= 0.3 is 0 Å². The van der Waals surface area contributed by atoms with E-state index in [0.717, 1.165) is 5.75 Å². The molecule has 0 amide bonds. The van der Waals surface area contributed by atoms with E-state index >= 15 is 0 Å². The molecular weight excluding hydrogens is 186 g/mol. The summed E-state index contributed by atoms with van der Waals surface area (Å²) in [5, 5.41) is 5.53. The molecule has 0 fully saturated rings. The number of nitrogens with zero attached hydrogens (tertiary/aromatic N) is 2. The summed E-state index contributed by atoms with van der Waals surface area (Å²) in [6.07, 6.45) is 0. The van der Waals surface area contributed by atoms with Crippen LogP contribution in [0.1, 0.15) is 0 Å². The molecule has 0 bridgehead atoms. The van der Waals surface area contributed by atoms with E-state index in [1.54, 1.807) is 5.38 Å². The molecule has 1 heterocycles. The third kappa shape index (κ3) is 2.16. The summed E-state index contributed by atoms with van der Waals surface area (Å²) in [6, 6.07) is 9.43. The Morgan fingerprint density at radius 1 is 1.23 bits per heavy atom. The Labute approximate surface area is 79.3 Å². The molecule has 0 unspecified atom stereocenters. The van der Waals surface area contributed by atoms with Crippen LogP contribution in [0.4, 0.5) is 5.82 Å². The molecule has 1 N–H and O–H groups in total. The molecule has 2 aromatic rings. The van der Waals surface area contributed by atoms with E-state index in [2.05, 4.69) is 15.1 Å². The molecule has 66 valence electrons. The Kier molecular flexibility index (Phi) is 2.38. The molecule has 1 aromatic heterocycles. The fourth-order valence-electron chi connectivity index (χ4n) is 0.809. The van der Waals surface area contributed by atoms with Gasteiger partial charge in [-0.3, -0.25) is 0 Å². The van der Waals surface area contributed by atoms with E-state index in [1.165, 1.54) is 11.5 Å². The lowest BCUT2D eigenvalue weighted by Crippen LogP contribution is -2.04. The molecule has 0 aliphatic rings. The van der Waals surface area contributed by atoms with Gasteiger partial charge in [0.15, 0.2) is 11.6 Å². The first-order valence-corrected chi connectivity index (χ1v) is 4.54. The fraction of sp³-hybridized carbons (Fsp3) is 0. The second kappa shape index (κ2) is 3.86. The molecule has 0 radical (unpaired) electrons. The van der Waals surface area contributed by atoms with Crippen LogP contribution in [0, 0.1) is 0 Å². The van der Waals surface area contributed by atoms with Crippen molar-refractivity contribution in [2.24, 2.45) is 0 Å². The number of nitrogens with one attached hydrogen (secondary N) is 1. The number of benzene rings is 1. The summed E-state index contributed by atoms with van der Waals surface area (Å²) in [4.78, 5) is 5.20. The van der Waals surface area contributed by atoms with Crippen LogP contribution in [0.15, 0.2) is 35.7 Å². The molecule has 0 aliphatic carbocycles. The predicted molar refractivity (Wildman–Crippen MR) is 50.6 cm³/mol. The van der Waals surface area contributed by atoms with Crippen molar-refractivity contribution in [3.63, 3.8) is 0 Å². The van der Waals surface area contributed by atoms with Crippen molar-refractivity contribution in [2.75, 3.05) is 5.48 Å².